The number of hydrogen-bond acceptors (Lipinski definition) is 2. The van der Waals surface area contributed by atoms with Crippen LogP contribution in [0.2, 0.25) is 0 Å². The van der Waals surface area contributed by atoms with Crippen molar-refractivity contribution in [2.24, 2.45) is 0 Å². The normalized spacial score (nSPS) is 13.4. The van der Waals surface area contributed by atoms with E-state index in [1.165, 1.54) is 26.6 Å². The summed E-state index contributed by atoms with van der Waals surface area (Å²) in [5.41, 5.74) is 5.00. The van der Waals surface area contributed by atoms with E-state index in [0.29, 0.717) is 8.58 Å². The summed E-state index contributed by atoms with van der Waals surface area (Å²) in [5, 5.41) is 13.8. The summed E-state index contributed by atoms with van der Waals surface area (Å²) in [4.78, 5) is 0.957. The lowest BCUT2D eigenvalue weighted by Crippen LogP contribution is -2.31. The van der Waals surface area contributed by atoms with Crippen LogP contribution in [0.25, 0.3) is 0 Å². The van der Waals surface area contributed by atoms with Gasteiger partial charge in [0.25, 0.3) is 0 Å². The maximum atomic E-state index is 12.3. The second-order valence-corrected chi connectivity index (χ2v) is 16.2. The molecule has 1 unspecified atom stereocenters. The summed E-state index contributed by atoms with van der Waals surface area (Å²) in [6.07, 6.45) is 0. The first-order valence-corrected chi connectivity index (χ1v) is 15.3. The van der Waals surface area contributed by atoms with Gasteiger partial charge in [0.15, 0.2) is 0 Å². The predicted molar refractivity (Wildman–Crippen MR) is 169 cm³/mol. The standard InChI is InChI=1S/C35H43OPS/c1-32(2,3)26-22-27(33(4,5)6)31(28(23-26)34(7,8)9)37-30-21-20-29(38-30)35(36,24-16-12-10-13-17-24)25-18-14-11-15-19-25/h10-23,36-37H,1-9H3. The van der Waals surface area contributed by atoms with Gasteiger partial charge in [-0.3, -0.25) is 0 Å². The van der Waals surface area contributed by atoms with Crippen LogP contribution in [0, 0.1) is 0 Å². The molecule has 0 aliphatic heterocycles. The van der Waals surface area contributed by atoms with Gasteiger partial charge >= 0.3 is 0 Å². The summed E-state index contributed by atoms with van der Waals surface area (Å²) in [7, 11) is 0.524. The van der Waals surface area contributed by atoms with E-state index in [1.807, 2.05) is 60.7 Å². The van der Waals surface area contributed by atoms with Crippen LogP contribution in [0.4, 0.5) is 0 Å². The van der Waals surface area contributed by atoms with Crippen molar-refractivity contribution >= 4 is 29.8 Å². The minimum Gasteiger partial charge on any atom is -0.375 e. The van der Waals surface area contributed by atoms with E-state index >= 15 is 0 Å². The molecule has 1 atom stereocenters. The lowest BCUT2D eigenvalue weighted by Gasteiger charge is -2.33. The quantitative estimate of drug-likeness (QED) is 0.251. The molecular weight excluding hydrogens is 499 g/mol. The first kappa shape index (κ1) is 28.8. The van der Waals surface area contributed by atoms with Crippen molar-refractivity contribution in [2.45, 2.75) is 84.2 Å². The molecule has 4 aromatic rings. The summed E-state index contributed by atoms with van der Waals surface area (Å²) in [6.45, 7) is 20.9. The van der Waals surface area contributed by atoms with Crippen LogP contribution in [0.5, 0.6) is 0 Å². The second-order valence-electron chi connectivity index (χ2n) is 13.4. The Kier molecular flexibility index (Phi) is 7.85. The van der Waals surface area contributed by atoms with E-state index in [4.69, 9.17) is 0 Å². The molecule has 3 aromatic carbocycles. The van der Waals surface area contributed by atoms with Gasteiger partial charge in [0, 0.05) is 9.50 Å². The summed E-state index contributed by atoms with van der Waals surface area (Å²) in [6, 6.07) is 29.4. The van der Waals surface area contributed by atoms with Gasteiger partial charge in [-0.15, -0.1) is 11.3 Å². The van der Waals surface area contributed by atoms with E-state index in [0.717, 1.165) is 16.0 Å². The molecule has 1 nitrogen and oxygen atoms in total. The molecule has 1 N–H and O–H groups in total. The SMILES string of the molecule is CC(C)(C)c1cc(C(C)(C)C)c(Pc2ccc(C(O)(c3ccccc3)c3ccccc3)s2)c(C(C)(C)C)c1. The van der Waals surface area contributed by atoms with E-state index < -0.39 is 5.60 Å². The second kappa shape index (κ2) is 10.4. The molecule has 200 valence electrons. The maximum Gasteiger partial charge on any atom is 0.149 e. The Labute approximate surface area is 236 Å². The highest BCUT2D eigenvalue weighted by molar-refractivity contribution is 7.63. The number of benzene rings is 3. The van der Waals surface area contributed by atoms with Crippen molar-refractivity contribution in [2.75, 3.05) is 0 Å². The zero-order chi connectivity index (χ0) is 27.9. The highest BCUT2D eigenvalue weighted by atomic mass is 32.1. The Morgan fingerprint density at radius 2 is 1.00 bits per heavy atom. The number of thiophene rings is 1. The van der Waals surface area contributed by atoms with Crippen LogP contribution >= 0.6 is 19.9 Å². The molecule has 0 aliphatic carbocycles. The smallest absolute Gasteiger partial charge is 0.149 e. The zero-order valence-corrected chi connectivity index (χ0v) is 26.3. The van der Waals surface area contributed by atoms with Crippen LogP contribution in [-0.2, 0) is 21.8 Å². The van der Waals surface area contributed by atoms with E-state index in [1.54, 1.807) is 11.3 Å². The molecule has 1 heterocycles. The van der Waals surface area contributed by atoms with Gasteiger partial charge in [0.1, 0.15) is 5.60 Å². The van der Waals surface area contributed by atoms with Gasteiger partial charge in [-0.2, -0.15) is 0 Å². The zero-order valence-electron chi connectivity index (χ0n) is 24.4. The molecular formula is C35H43OPS. The summed E-state index contributed by atoms with van der Waals surface area (Å²) >= 11 is 1.74. The fourth-order valence-electron chi connectivity index (χ4n) is 4.93. The van der Waals surface area contributed by atoms with E-state index in [2.05, 4.69) is 86.6 Å². The lowest BCUT2D eigenvalue weighted by molar-refractivity contribution is 0.129. The highest BCUT2D eigenvalue weighted by Crippen LogP contribution is 2.41. The van der Waals surface area contributed by atoms with Gasteiger partial charge in [-0.25, -0.2) is 0 Å². The molecule has 38 heavy (non-hydrogen) atoms. The van der Waals surface area contributed by atoms with Gasteiger partial charge in [0.2, 0.25) is 0 Å². The molecule has 3 heteroatoms. The van der Waals surface area contributed by atoms with Crippen LogP contribution in [0.3, 0.4) is 0 Å². The number of aliphatic hydroxyl groups is 1. The molecule has 0 saturated carbocycles. The highest BCUT2D eigenvalue weighted by Gasteiger charge is 2.36. The van der Waals surface area contributed by atoms with Crippen molar-refractivity contribution in [3.8, 4) is 0 Å². The molecule has 0 amide bonds. The van der Waals surface area contributed by atoms with Gasteiger partial charge < -0.3 is 5.11 Å². The molecule has 1 aromatic heterocycles. The molecule has 0 aliphatic rings. The van der Waals surface area contributed by atoms with Crippen molar-refractivity contribution < 1.29 is 5.11 Å². The van der Waals surface area contributed by atoms with Crippen LogP contribution in [0.1, 0.15) is 95.0 Å². The molecule has 0 saturated heterocycles. The Hall–Kier alpha value is -2.25. The summed E-state index contributed by atoms with van der Waals surface area (Å²) < 4.78 is 1.30. The Balaban J connectivity index is 1.87. The third kappa shape index (κ3) is 5.84. The molecule has 0 fully saturated rings. The first-order valence-electron chi connectivity index (χ1n) is 13.5. The fraction of sp³-hybridized carbons (Fsp3) is 0.371. The topological polar surface area (TPSA) is 20.2 Å². The number of hydrogen-bond donors (Lipinski definition) is 1. The Morgan fingerprint density at radius 3 is 1.39 bits per heavy atom. The molecule has 0 radical (unpaired) electrons. The monoisotopic (exact) mass is 542 g/mol. The average molecular weight is 543 g/mol. The van der Waals surface area contributed by atoms with Gasteiger partial charge in [-0.1, -0.05) is 135 Å². The lowest BCUT2D eigenvalue weighted by atomic mass is 9.75. The van der Waals surface area contributed by atoms with Crippen molar-refractivity contribution in [3.63, 3.8) is 0 Å². The van der Waals surface area contributed by atoms with E-state index in [9.17, 15) is 5.11 Å². The first-order chi connectivity index (χ1) is 17.6. The maximum absolute atomic E-state index is 12.3. The Morgan fingerprint density at radius 1 is 0.553 bits per heavy atom. The fourth-order valence-corrected chi connectivity index (χ4v) is 8.23. The third-order valence-corrected chi connectivity index (χ3v) is 10.0. The van der Waals surface area contributed by atoms with Gasteiger partial charge in [0.05, 0.1) is 0 Å². The van der Waals surface area contributed by atoms with Crippen LogP contribution in [-0.4, -0.2) is 5.11 Å². The largest absolute Gasteiger partial charge is 0.375 e. The van der Waals surface area contributed by atoms with Gasteiger partial charge in [-0.05, 0) is 70.1 Å². The number of rotatable bonds is 5. The van der Waals surface area contributed by atoms with E-state index in [-0.39, 0.29) is 16.2 Å². The Bertz CT molecular complexity index is 1310. The van der Waals surface area contributed by atoms with Crippen LogP contribution < -0.4 is 9.92 Å². The van der Waals surface area contributed by atoms with Crippen molar-refractivity contribution in [1.29, 1.82) is 0 Å². The molecule has 0 spiro atoms. The predicted octanol–water partition coefficient (Wildman–Crippen LogP) is 8.55. The summed E-state index contributed by atoms with van der Waals surface area (Å²) in [5.74, 6) is 0. The minimum absolute atomic E-state index is 0.0263. The minimum atomic E-state index is -1.19. The van der Waals surface area contributed by atoms with Crippen molar-refractivity contribution in [1.82, 2.24) is 0 Å². The average Bonchev–Trinajstić information content (AvgIpc) is 3.31. The third-order valence-electron chi connectivity index (χ3n) is 7.21. The molecule has 4 rings (SSSR count). The van der Waals surface area contributed by atoms with Crippen molar-refractivity contribution in [3.05, 3.63) is 118 Å². The van der Waals surface area contributed by atoms with Crippen LogP contribution in [0.15, 0.2) is 84.9 Å². The molecule has 0 bridgehead atoms.